The van der Waals surface area contributed by atoms with Crippen LogP contribution in [0, 0.1) is 0 Å². The maximum absolute atomic E-state index is 13.7. The SMILES string of the molecule is O=C(c1ncccc1-c1cc2ccccc2[nH]1)c1ncccc1-c1cc2ccccc2[nH]1. The van der Waals surface area contributed by atoms with Crippen molar-refractivity contribution in [2.24, 2.45) is 0 Å². The molecule has 5 nitrogen and oxygen atoms in total. The van der Waals surface area contributed by atoms with Crippen molar-refractivity contribution in [3.8, 4) is 22.5 Å². The van der Waals surface area contributed by atoms with Gasteiger partial charge in [-0.2, -0.15) is 0 Å². The normalized spacial score (nSPS) is 11.2. The summed E-state index contributed by atoms with van der Waals surface area (Å²) in [6.07, 6.45) is 3.29. The van der Waals surface area contributed by atoms with Crippen molar-refractivity contribution in [2.75, 3.05) is 0 Å². The summed E-state index contributed by atoms with van der Waals surface area (Å²) in [6, 6.07) is 27.7. The molecule has 0 saturated carbocycles. The number of H-pyrrole nitrogens is 2. The molecule has 6 rings (SSSR count). The van der Waals surface area contributed by atoms with Crippen LogP contribution in [-0.4, -0.2) is 25.7 Å². The molecule has 0 fully saturated rings. The van der Waals surface area contributed by atoms with Gasteiger partial charge in [-0.3, -0.25) is 14.8 Å². The Kier molecular flexibility index (Phi) is 4.18. The maximum Gasteiger partial charge on any atom is 0.231 e. The van der Waals surface area contributed by atoms with Gasteiger partial charge in [0.2, 0.25) is 5.78 Å². The molecule has 2 aromatic carbocycles. The number of ketones is 1. The molecule has 0 saturated heterocycles. The highest BCUT2D eigenvalue weighted by molar-refractivity contribution is 6.13. The van der Waals surface area contributed by atoms with Crippen LogP contribution in [0.5, 0.6) is 0 Å². The Morgan fingerprint density at radius 1 is 0.594 bits per heavy atom. The van der Waals surface area contributed by atoms with Crippen LogP contribution < -0.4 is 0 Å². The molecule has 0 aliphatic heterocycles. The van der Waals surface area contributed by atoms with Crippen LogP contribution in [0.25, 0.3) is 44.3 Å². The third-order valence-corrected chi connectivity index (χ3v) is 5.69. The number of hydrogen-bond acceptors (Lipinski definition) is 3. The number of carbonyl (C=O) groups is 1. The fourth-order valence-corrected chi connectivity index (χ4v) is 4.16. The van der Waals surface area contributed by atoms with E-state index in [0.717, 1.165) is 44.3 Å². The molecule has 4 aromatic heterocycles. The lowest BCUT2D eigenvalue weighted by Crippen LogP contribution is -2.10. The monoisotopic (exact) mass is 414 g/mol. The van der Waals surface area contributed by atoms with Crippen LogP contribution >= 0.6 is 0 Å². The summed E-state index contributed by atoms with van der Waals surface area (Å²) in [4.78, 5) is 29.4. The number of aromatic nitrogens is 4. The first-order chi connectivity index (χ1) is 15.8. The average molecular weight is 414 g/mol. The van der Waals surface area contributed by atoms with Gasteiger partial charge in [0.15, 0.2) is 0 Å². The van der Waals surface area contributed by atoms with Crippen molar-refractivity contribution in [1.29, 1.82) is 0 Å². The van der Waals surface area contributed by atoms with E-state index >= 15 is 0 Å². The lowest BCUT2D eigenvalue weighted by Gasteiger charge is -2.09. The Hall–Kier alpha value is -4.51. The summed E-state index contributed by atoms with van der Waals surface area (Å²) in [5.74, 6) is -0.214. The van der Waals surface area contributed by atoms with E-state index in [2.05, 4.69) is 19.9 Å². The summed E-state index contributed by atoms with van der Waals surface area (Å²) >= 11 is 0. The van der Waals surface area contributed by atoms with Crippen molar-refractivity contribution in [3.05, 3.63) is 109 Å². The molecule has 0 unspecified atom stereocenters. The molecule has 0 atom stereocenters. The molecule has 32 heavy (non-hydrogen) atoms. The summed E-state index contributed by atoms with van der Waals surface area (Å²) in [6.45, 7) is 0. The van der Waals surface area contributed by atoms with Crippen LogP contribution in [0.3, 0.4) is 0 Å². The number of aromatic amines is 2. The van der Waals surface area contributed by atoms with Crippen LogP contribution in [0.15, 0.2) is 97.3 Å². The molecule has 6 aromatic rings. The molecule has 0 spiro atoms. The topological polar surface area (TPSA) is 74.4 Å². The molecule has 0 amide bonds. The van der Waals surface area contributed by atoms with Crippen molar-refractivity contribution < 1.29 is 4.79 Å². The van der Waals surface area contributed by atoms with E-state index in [0.29, 0.717) is 11.4 Å². The predicted molar refractivity (Wildman–Crippen MR) is 126 cm³/mol. The average Bonchev–Trinajstić information content (AvgIpc) is 3.48. The maximum atomic E-state index is 13.7. The van der Waals surface area contributed by atoms with Crippen LogP contribution in [0.4, 0.5) is 0 Å². The number of pyridine rings is 2. The highest BCUT2D eigenvalue weighted by Gasteiger charge is 2.22. The summed E-state index contributed by atoms with van der Waals surface area (Å²) in [7, 11) is 0. The molecular formula is C27H18N4O. The second kappa shape index (κ2) is 7.32. The van der Waals surface area contributed by atoms with Crippen LogP contribution in [0.1, 0.15) is 16.2 Å². The fraction of sp³-hybridized carbons (Fsp3) is 0. The molecule has 0 aliphatic rings. The fourth-order valence-electron chi connectivity index (χ4n) is 4.16. The number of para-hydroxylation sites is 2. The summed E-state index contributed by atoms with van der Waals surface area (Å²) in [5.41, 5.74) is 5.98. The first-order valence-corrected chi connectivity index (χ1v) is 10.4. The summed E-state index contributed by atoms with van der Waals surface area (Å²) in [5, 5.41) is 2.17. The van der Waals surface area contributed by atoms with Gasteiger partial charge in [-0.1, -0.05) is 36.4 Å². The number of fused-ring (bicyclic) bond motifs is 2. The minimum Gasteiger partial charge on any atom is -0.354 e. The number of benzene rings is 2. The Bertz CT molecular complexity index is 1420. The largest absolute Gasteiger partial charge is 0.354 e. The zero-order valence-electron chi connectivity index (χ0n) is 17.0. The second-order valence-electron chi connectivity index (χ2n) is 7.67. The van der Waals surface area contributed by atoms with Crippen molar-refractivity contribution in [3.63, 3.8) is 0 Å². The van der Waals surface area contributed by atoms with Crippen molar-refractivity contribution >= 4 is 27.6 Å². The van der Waals surface area contributed by atoms with E-state index in [9.17, 15) is 4.79 Å². The Labute approximate surface area is 183 Å². The molecule has 0 bridgehead atoms. The Morgan fingerprint density at radius 3 is 1.53 bits per heavy atom. The van der Waals surface area contributed by atoms with Gasteiger partial charge in [0, 0.05) is 56.7 Å². The molecule has 0 radical (unpaired) electrons. The number of rotatable bonds is 4. The minimum atomic E-state index is -0.214. The van der Waals surface area contributed by atoms with Gasteiger partial charge >= 0.3 is 0 Å². The van der Waals surface area contributed by atoms with Gasteiger partial charge in [-0.15, -0.1) is 0 Å². The van der Waals surface area contributed by atoms with E-state index < -0.39 is 0 Å². The predicted octanol–water partition coefficient (Wildman–Crippen LogP) is 6.00. The van der Waals surface area contributed by atoms with Gasteiger partial charge in [-0.25, -0.2) is 0 Å². The lowest BCUT2D eigenvalue weighted by atomic mass is 10.0. The van der Waals surface area contributed by atoms with Gasteiger partial charge in [0.05, 0.1) is 0 Å². The van der Waals surface area contributed by atoms with Gasteiger partial charge < -0.3 is 9.97 Å². The molecular weight excluding hydrogens is 396 g/mol. The Morgan fingerprint density at radius 2 is 1.06 bits per heavy atom. The quantitative estimate of drug-likeness (QED) is 0.347. The molecule has 0 aliphatic carbocycles. The first kappa shape index (κ1) is 18.3. The summed E-state index contributed by atoms with van der Waals surface area (Å²) < 4.78 is 0. The smallest absolute Gasteiger partial charge is 0.231 e. The second-order valence-corrected chi connectivity index (χ2v) is 7.67. The first-order valence-electron chi connectivity index (χ1n) is 10.4. The number of nitrogens with zero attached hydrogens (tertiary/aromatic N) is 2. The van der Waals surface area contributed by atoms with Gasteiger partial charge in [0.25, 0.3) is 0 Å². The number of carbonyl (C=O) groups excluding carboxylic acids is 1. The van der Waals surface area contributed by atoms with Gasteiger partial charge in [0.1, 0.15) is 11.4 Å². The number of hydrogen-bond donors (Lipinski definition) is 2. The van der Waals surface area contributed by atoms with Gasteiger partial charge in [-0.05, 0) is 48.5 Å². The third kappa shape index (κ3) is 2.99. The van der Waals surface area contributed by atoms with E-state index in [1.165, 1.54) is 0 Å². The van der Waals surface area contributed by atoms with Crippen molar-refractivity contribution in [1.82, 2.24) is 19.9 Å². The molecule has 152 valence electrons. The molecule has 5 heteroatoms. The zero-order chi connectivity index (χ0) is 21.5. The van der Waals surface area contributed by atoms with Crippen molar-refractivity contribution in [2.45, 2.75) is 0 Å². The third-order valence-electron chi connectivity index (χ3n) is 5.69. The van der Waals surface area contributed by atoms with E-state index in [4.69, 9.17) is 0 Å². The highest BCUT2D eigenvalue weighted by Crippen LogP contribution is 2.30. The van der Waals surface area contributed by atoms with E-state index in [1.54, 1.807) is 12.4 Å². The standard InChI is InChI=1S/C27H18N4O/c32-27(25-19(9-5-13-28-25)23-15-17-7-1-3-11-21(17)30-23)26-20(10-6-14-29-26)24-16-18-8-2-4-12-22(18)31-24/h1-16,30-31H. The highest BCUT2D eigenvalue weighted by atomic mass is 16.1. The Balaban J connectivity index is 1.48. The van der Waals surface area contributed by atoms with E-state index in [-0.39, 0.29) is 5.78 Å². The molecule has 2 N–H and O–H groups in total. The zero-order valence-corrected chi connectivity index (χ0v) is 17.0. The van der Waals surface area contributed by atoms with E-state index in [1.807, 2.05) is 84.9 Å². The molecule has 4 heterocycles. The minimum absolute atomic E-state index is 0.214. The number of nitrogens with one attached hydrogen (secondary N) is 2. The van der Waals surface area contributed by atoms with Crippen LogP contribution in [-0.2, 0) is 0 Å². The van der Waals surface area contributed by atoms with Crippen LogP contribution in [0.2, 0.25) is 0 Å². The lowest BCUT2D eigenvalue weighted by molar-refractivity contribution is 0.103.